The lowest BCUT2D eigenvalue weighted by atomic mass is 9.79. The molecule has 1 unspecified atom stereocenters. The van der Waals surface area contributed by atoms with Crippen molar-refractivity contribution in [1.29, 1.82) is 5.26 Å². The molecule has 5 aromatic rings. The number of amides is 1. The summed E-state index contributed by atoms with van der Waals surface area (Å²) >= 11 is 14.6. The van der Waals surface area contributed by atoms with Crippen LogP contribution in [0.4, 0.5) is 4.39 Å². The van der Waals surface area contributed by atoms with Gasteiger partial charge in [0.15, 0.2) is 5.82 Å². The molecular formula is C41H41Cl2FN6O3S. The second-order valence-electron chi connectivity index (χ2n) is 15.5. The fraction of sp³-hybridized carbons (Fsp3) is 0.463. The number of rotatable bonds is 10. The largest absolute Gasteiger partial charge is 0.387 e. The van der Waals surface area contributed by atoms with Gasteiger partial charge < -0.3 is 24.6 Å². The number of nitriles is 1. The highest BCUT2D eigenvalue weighted by Crippen LogP contribution is 2.52. The zero-order valence-electron chi connectivity index (χ0n) is 30.3. The molecule has 1 amide bonds. The summed E-state index contributed by atoms with van der Waals surface area (Å²) in [6.07, 6.45) is 2.58. The second-order valence-corrected chi connectivity index (χ2v) is 17.3. The Bertz CT molecular complexity index is 2350. The van der Waals surface area contributed by atoms with Crippen LogP contribution < -0.4 is 5.32 Å². The SMILES string of the molecule is Cc1cc(CO[C@H]2C[C@H](c3cc4c(C(C)O)nc5c(F)c(-c6cccc(Cl)c6Cl)c(CCC#N)cc5c4n3[C@H]3[C@H]4CN[C@@H]3C4)N(C(=O)C3CC3)[C@@H]2C)ns1. The molecule has 3 saturated heterocycles. The number of likely N-dealkylation sites (tertiary alicyclic amines) is 1. The van der Waals surface area contributed by atoms with Crippen LogP contribution >= 0.6 is 34.7 Å². The van der Waals surface area contributed by atoms with E-state index in [1.165, 1.54) is 11.5 Å². The molecule has 0 spiro atoms. The third-order valence-corrected chi connectivity index (χ3v) is 13.6. The molecule has 3 aromatic heterocycles. The van der Waals surface area contributed by atoms with Gasteiger partial charge in [0, 0.05) is 63.8 Å². The van der Waals surface area contributed by atoms with Crippen LogP contribution in [-0.4, -0.2) is 54.6 Å². The summed E-state index contributed by atoms with van der Waals surface area (Å²) in [5, 5.41) is 26.5. The lowest BCUT2D eigenvalue weighted by molar-refractivity contribution is -0.136. The Kier molecular flexibility index (Phi) is 9.23. The summed E-state index contributed by atoms with van der Waals surface area (Å²) < 4.78 is 30.8. The number of aromatic nitrogens is 3. The number of nitrogens with one attached hydrogen (secondary N) is 1. The minimum absolute atomic E-state index is 0.00156. The van der Waals surface area contributed by atoms with E-state index in [-0.39, 0.29) is 71.0 Å². The number of aliphatic hydroxyl groups is 1. The van der Waals surface area contributed by atoms with E-state index < -0.39 is 11.9 Å². The zero-order chi connectivity index (χ0) is 37.6. The van der Waals surface area contributed by atoms with E-state index in [0.29, 0.717) is 46.2 Å². The van der Waals surface area contributed by atoms with Gasteiger partial charge in [-0.1, -0.05) is 35.3 Å². The van der Waals surface area contributed by atoms with Crippen LogP contribution in [0.3, 0.4) is 0 Å². The average Bonchev–Trinajstić information content (AvgIpc) is 3.50. The standard InChI is InChI=1S/C41H41Cl2FN6O3S/c1-19-12-25(48-54-19)18-53-33-16-32(49(20(33)2)41(52)22-9-10-22)31-15-28-37(21(3)51)47-38-27(40(28)50(31)39-24-14-30(39)46-17-24)13-23(6-5-11-45)34(36(38)44)26-7-4-8-29(42)35(26)43/h4,7-8,12-13,15,20-22,24,30,32-33,39,46,51H,5-6,9-10,14,16-18H2,1-3H3/t20-,21?,24-,30-,32-,33+,39+/m1/s1. The fourth-order valence-corrected chi connectivity index (χ4v) is 10.3. The first kappa shape index (κ1) is 36.0. The third-order valence-electron chi connectivity index (χ3n) is 12.1. The van der Waals surface area contributed by atoms with Crippen LogP contribution in [0.15, 0.2) is 36.4 Å². The van der Waals surface area contributed by atoms with E-state index in [4.69, 9.17) is 32.9 Å². The van der Waals surface area contributed by atoms with Crippen LogP contribution in [0.1, 0.15) is 91.7 Å². The number of hydrogen-bond donors (Lipinski definition) is 2. The van der Waals surface area contributed by atoms with Gasteiger partial charge in [0.05, 0.1) is 70.0 Å². The topological polar surface area (TPSA) is 116 Å². The summed E-state index contributed by atoms with van der Waals surface area (Å²) in [5.74, 6) is -0.0934. The van der Waals surface area contributed by atoms with Crippen LogP contribution in [0.5, 0.6) is 0 Å². The van der Waals surface area contributed by atoms with E-state index in [0.717, 1.165) is 53.0 Å². The predicted molar refractivity (Wildman–Crippen MR) is 208 cm³/mol. The molecule has 13 heteroatoms. The normalized spacial score (nSPS) is 25.4. The molecule has 7 atom stereocenters. The summed E-state index contributed by atoms with van der Waals surface area (Å²) in [5.41, 5.74) is 4.37. The molecule has 2 bridgehead atoms. The molecule has 54 heavy (non-hydrogen) atoms. The van der Waals surface area contributed by atoms with Gasteiger partial charge in [0.2, 0.25) is 5.91 Å². The van der Waals surface area contributed by atoms with Gasteiger partial charge in [-0.15, -0.1) is 0 Å². The molecule has 5 fully saturated rings. The number of aryl methyl sites for hydroxylation is 2. The van der Waals surface area contributed by atoms with Crippen LogP contribution in [0.2, 0.25) is 10.0 Å². The third kappa shape index (κ3) is 5.84. The van der Waals surface area contributed by atoms with Gasteiger partial charge in [-0.25, -0.2) is 9.37 Å². The lowest BCUT2D eigenvalue weighted by Gasteiger charge is -2.39. The Morgan fingerprint density at radius 1 is 1.22 bits per heavy atom. The number of ether oxygens (including phenoxy) is 1. The molecule has 2 aliphatic carbocycles. The maximum atomic E-state index is 17.4. The Morgan fingerprint density at radius 2 is 2.04 bits per heavy atom. The molecule has 2 N–H and O–H groups in total. The first-order chi connectivity index (χ1) is 26.0. The van der Waals surface area contributed by atoms with Crippen LogP contribution in [0.25, 0.3) is 32.9 Å². The molecule has 2 aromatic carbocycles. The predicted octanol–water partition coefficient (Wildman–Crippen LogP) is 8.77. The minimum atomic E-state index is -1.02. The molecule has 10 rings (SSSR count). The number of carbonyl (C=O) groups excluding carboxylic acids is 1. The van der Waals surface area contributed by atoms with E-state index >= 15 is 4.39 Å². The van der Waals surface area contributed by atoms with Crippen molar-refractivity contribution < 1.29 is 19.0 Å². The van der Waals surface area contributed by atoms with Crippen molar-refractivity contribution in [2.75, 3.05) is 6.54 Å². The number of pyridine rings is 1. The number of carbonyl (C=O) groups is 1. The summed E-state index contributed by atoms with van der Waals surface area (Å²) in [6, 6.07) is 13.2. The average molecular weight is 788 g/mol. The van der Waals surface area contributed by atoms with Gasteiger partial charge in [-0.2, -0.15) is 9.64 Å². The molecule has 5 aliphatic rings. The first-order valence-electron chi connectivity index (χ1n) is 18.8. The van der Waals surface area contributed by atoms with E-state index in [9.17, 15) is 15.2 Å². The van der Waals surface area contributed by atoms with Crippen molar-refractivity contribution >= 4 is 62.4 Å². The van der Waals surface area contributed by atoms with Crippen molar-refractivity contribution in [1.82, 2.24) is 24.1 Å². The zero-order valence-corrected chi connectivity index (χ0v) is 32.6. The fourth-order valence-electron chi connectivity index (χ4n) is 9.33. The Hall–Kier alpha value is -3.63. The summed E-state index contributed by atoms with van der Waals surface area (Å²) in [6.45, 7) is 6.98. The lowest BCUT2D eigenvalue weighted by Crippen LogP contribution is -2.43. The number of halogens is 3. The van der Waals surface area contributed by atoms with E-state index in [2.05, 4.69) is 33.3 Å². The number of fused-ring (bicyclic) bond motifs is 4. The highest BCUT2D eigenvalue weighted by Gasteiger charge is 2.52. The molecule has 3 aliphatic heterocycles. The summed E-state index contributed by atoms with van der Waals surface area (Å²) in [7, 11) is 0. The highest BCUT2D eigenvalue weighted by atomic mass is 35.5. The molecule has 9 nitrogen and oxygen atoms in total. The number of benzene rings is 2. The number of aliphatic hydroxyl groups excluding tert-OH is 1. The van der Waals surface area contributed by atoms with Crippen LogP contribution in [0, 0.1) is 35.9 Å². The number of nitrogens with zero attached hydrogens (tertiary/aromatic N) is 5. The van der Waals surface area contributed by atoms with Gasteiger partial charge in [-0.3, -0.25) is 4.79 Å². The Morgan fingerprint density at radius 3 is 2.70 bits per heavy atom. The van der Waals surface area contributed by atoms with Gasteiger partial charge in [-0.05, 0) is 93.7 Å². The summed E-state index contributed by atoms with van der Waals surface area (Å²) in [4.78, 5) is 22.3. The van der Waals surface area contributed by atoms with Crippen molar-refractivity contribution in [2.24, 2.45) is 11.8 Å². The van der Waals surface area contributed by atoms with Crippen molar-refractivity contribution in [3.8, 4) is 17.2 Å². The van der Waals surface area contributed by atoms with E-state index in [1.807, 2.05) is 24.0 Å². The molecule has 6 heterocycles. The van der Waals surface area contributed by atoms with Gasteiger partial charge >= 0.3 is 0 Å². The van der Waals surface area contributed by atoms with Crippen molar-refractivity contribution in [3.05, 3.63) is 79.8 Å². The first-order valence-corrected chi connectivity index (χ1v) is 20.4. The maximum absolute atomic E-state index is 17.4. The molecule has 280 valence electrons. The molecule has 0 radical (unpaired) electrons. The molecular weight excluding hydrogens is 746 g/mol. The quantitative estimate of drug-likeness (QED) is 0.145. The smallest absolute Gasteiger partial charge is 0.226 e. The second kappa shape index (κ2) is 13.8. The van der Waals surface area contributed by atoms with Gasteiger partial charge in [0.25, 0.3) is 0 Å². The van der Waals surface area contributed by atoms with Crippen molar-refractivity contribution in [3.63, 3.8) is 0 Å². The van der Waals surface area contributed by atoms with E-state index in [1.54, 1.807) is 25.1 Å². The Balaban J connectivity index is 1.28. The van der Waals surface area contributed by atoms with Crippen LogP contribution in [-0.2, 0) is 22.6 Å². The highest BCUT2D eigenvalue weighted by molar-refractivity contribution is 7.05. The molecule has 2 saturated carbocycles. The minimum Gasteiger partial charge on any atom is -0.387 e. The Labute approximate surface area is 327 Å². The number of hydrogen-bond acceptors (Lipinski definition) is 8. The van der Waals surface area contributed by atoms with Gasteiger partial charge in [0.1, 0.15) is 5.52 Å². The monoisotopic (exact) mass is 786 g/mol. The van der Waals surface area contributed by atoms with Crippen molar-refractivity contribution in [2.45, 2.75) is 102 Å². The maximum Gasteiger partial charge on any atom is 0.226 e.